The molecule has 3 atom stereocenters. The van der Waals surface area contributed by atoms with Gasteiger partial charge in [0.15, 0.2) is 11.1 Å². The maximum Gasteiger partial charge on any atom is 0.315 e. The molecule has 54 heavy (non-hydrogen) atoms. The third kappa shape index (κ3) is 6.54. The molecule has 2 N–H and O–H groups in total. The Hall–Kier alpha value is -5.44. The van der Waals surface area contributed by atoms with Crippen LogP contribution in [-0.4, -0.2) is 37.8 Å². The maximum absolute atomic E-state index is 16.9. The Kier molecular flexibility index (Phi) is 9.85. The quantitative estimate of drug-likeness (QED) is 0.140. The van der Waals surface area contributed by atoms with Crippen molar-refractivity contribution in [1.29, 1.82) is 0 Å². The summed E-state index contributed by atoms with van der Waals surface area (Å²) >= 11 is 0. The van der Waals surface area contributed by atoms with Crippen LogP contribution in [0.15, 0.2) is 132 Å². The molecular weight excluding hydrogens is 688 g/mol. The van der Waals surface area contributed by atoms with Crippen molar-refractivity contribution in [3.05, 3.63) is 161 Å². The highest BCUT2D eigenvalue weighted by Crippen LogP contribution is 2.53. The first-order chi connectivity index (χ1) is 25.9. The summed E-state index contributed by atoms with van der Waals surface area (Å²) in [5.41, 5.74) is -1.80. The molecule has 6 nitrogen and oxygen atoms in total. The van der Waals surface area contributed by atoms with Gasteiger partial charge in [-0.05, 0) is 111 Å². The topological polar surface area (TPSA) is 64.1 Å². The molecule has 0 saturated heterocycles. The molecular formula is C45H46F3N3O3. The van der Waals surface area contributed by atoms with E-state index in [1.165, 1.54) is 38.5 Å². The average molecular weight is 734 g/mol. The van der Waals surface area contributed by atoms with Gasteiger partial charge in [-0.25, -0.2) is 9.38 Å². The first-order valence-electron chi connectivity index (χ1n) is 18.3. The van der Waals surface area contributed by atoms with Crippen molar-refractivity contribution in [3.63, 3.8) is 0 Å². The standard InChI is InChI=1S/C45H46F3N3O3/c1-42(2)45(47,48)43(3,39-29-36(22-27-40(39)46)49-35-21-16-31(28-35)30-12-8-6-9-13-30)50-41(54-42)51-44(32-14-10-7-11-15-32,33-17-23-37(52-4)24-18-33)34-19-25-38(53-5)26-20-34/h6-15,17-20,22-27,29,31,35,49H,16,21,28H2,1-5H3,(H,50,51)/t31?,35?,43-/m1/s1. The van der Waals surface area contributed by atoms with Gasteiger partial charge in [0.25, 0.3) is 6.02 Å². The van der Waals surface area contributed by atoms with E-state index in [2.05, 4.69) is 27.8 Å². The van der Waals surface area contributed by atoms with Gasteiger partial charge in [0.05, 0.1) is 14.2 Å². The Morgan fingerprint density at radius 1 is 0.722 bits per heavy atom. The number of aliphatic imine (C=N–C) groups is 1. The van der Waals surface area contributed by atoms with Crippen molar-refractivity contribution in [2.24, 2.45) is 4.99 Å². The minimum atomic E-state index is -3.65. The van der Waals surface area contributed by atoms with E-state index in [1.807, 2.05) is 97.1 Å². The summed E-state index contributed by atoms with van der Waals surface area (Å²) in [4.78, 5) is 4.66. The lowest BCUT2D eigenvalue weighted by Crippen LogP contribution is -2.64. The van der Waals surface area contributed by atoms with E-state index in [0.29, 0.717) is 23.1 Å². The first-order valence-corrected chi connectivity index (χ1v) is 18.3. The minimum absolute atomic E-state index is 0.106. The zero-order valence-electron chi connectivity index (χ0n) is 31.2. The highest BCUT2D eigenvalue weighted by atomic mass is 19.3. The number of hydrogen-bond donors (Lipinski definition) is 2. The number of amidine groups is 1. The summed E-state index contributed by atoms with van der Waals surface area (Å²) < 4.78 is 67.1. The van der Waals surface area contributed by atoms with Crippen LogP contribution in [0.1, 0.15) is 73.8 Å². The SMILES string of the molecule is COc1ccc(C(NC2=N[C@](C)(c3cc(NC4CCC(c5ccccc5)C4)ccc3F)C(F)(F)C(C)(C)O2)(c2ccccc2)c2ccc(OC)cc2)cc1. The van der Waals surface area contributed by atoms with Crippen LogP contribution in [0.5, 0.6) is 11.5 Å². The molecule has 1 heterocycles. The van der Waals surface area contributed by atoms with Gasteiger partial charge in [0.2, 0.25) is 0 Å². The Morgan fingerprint density at radius 2 is 1.28 bits per heavy atom. The lowest BCUT2D eigenvalue weighted by atomic mass is 9.76. The number of nitrogens with one attached hydrogen (secondary N) is 2. The van der Waals surface area contributed by atoms with Gasteiger partial charge in [0.1, 0.15) is 22.9 Å². The van der Waals surface area contributed by atoms with Crippen molar-refractivity contribution in [1.82, 2.24) is 5.32 Å². The van der Waals surface area contributed by atoms with E-state index in [9.17, 15) is 0 Å². The van der Waals surface area contributed by atoms with Crippen molar-refractivity contribution in [2.75, 3.05) is 19.5 Å². The molecule has 5 aromatic rings. The average Bonchev–Trinajstić information content (AvgIpc) is 3.66. The molecule has 0 aromatic heterocycles. The lowest BCUT2D eigenvalue weighted by Gasteiger charge is -2.49. The maximum atomic E-state index is 16.9. The summed E-state index contributed by atoms with van der Waals surface area (Å²) in [7, 11) is 3.18. The van der Waals surface area contributed by atoms with Crippen LogP contribution >= 0.6 is 0 Å². The molecule has 0 bridgehead atoms. The number of hydrogen-bond acceptors (Lipinski definition) is 6. The molecule has 0 radical (unpaired) electrons. The van der Waals surface area contributed by atoms with E-state index in [-0.39, 0.29) is 17.6 Å². The normalized spacial score (nSPS) is 21.7. The van der Waals surface area contributed by atoms with Crippen LogP contribution in [0, 0.1) is 5.82 Å². The highest BCUT2D eigenvalue weighted by molar-refractivity contribution is 5.79. The fourth-order valence-electron chi connectivity index (χ4n) is 8.08. The predicted octanol–water partition coefficient (Wildman–Crippen LogP) is 10.2. The molecule has 1 saturated carbocycles. The van der Waals surface area contributed by atoms with Gasteiger partial charge in [-0.3, -0.25) is 0 Å². The molecule has 1 aliphatic heterocycles. The molecule has 7 rings (SSSR count). The Balaban J connectivity index is 1.33. The molecule has 1 fully saturated rings. The molecule has 2 aliphatic rings. The van der Waals surface area contributed by atoms with Crippen molar-refractivity contribution < 1.29 is 27.4 Å². The first kappa shape index (κ1) is 36.9. The second kappa shape index (κ2) is 14.4. The van der Waals surface area contributed by atoms with E-state index < -0.39 is 28.4 Å². The second-order valence-electron chi connectivity index (χ2n) is 14.8. The number of halogens is 3. The minimum Gasteiger partial charge on any atom is -0.497 e. The van der Waals surface area contributed by atoms with Crippen LogP contribution in [0.25, 0.3) is 0 Å². The fraction of sp³-hybridized carbons (Fsp3) is 0.311. The number of anilines is 1. The largest absolute Gasteiger partial charge is 0.497 e. The molecule has 5 aromatic carbocycles. The van der Waals surface area contributed by atoms with Crippen molar-refractivity contribution >= 4 is 11.7 Å². The molecule has 280 valence electrons. The van der Waals surface area contributed by atoms with Crippen molar-refractivity contribution in [2.45, 2.75) is 74.6 Å². The number of benzene rings is 5. The van der Waals surface area contributed by atoms with E-state index in [1.54, 1.807) is 20.3 Å². The molecule has 9 heteroatoms. The van der Waals surface area contributed by atoms with Gasteiger partial charge < -0.3 is 24.8 Å². The van der Waals surface area contributed by atoms with Gasteiger partial charge in [0, 0.05) is 17.3 Å². The second-order valence-corrected chi connectivity index (χ2v) is 14.8. The van der Waals surface area contributed by atoms with Gasteiger partial charge >= 0.3 is 5.92 Å². The predicted molar refractivity (Wildman–Crippen MR) is 207 cm³/mol. The third-order valence-electron chi connectivity index (χ3n) is 11.2. The Bertz CT molecular complexity index is 2040. The van der Waals surface area contributed by atoms with Gasteiger partial charge in [-0.2, -0.15) is 8.78 Å². The van der Waals surface area contributed by atoms with Crippen LogP contribution in [-0.2, 0) is 15.8 Å². The smallest absolute Gasteiger partial charge is 0.315 e. The third-order valence-corrected chi connectivity index (χ3v) is 11.2. The zero-order valence-corrected chi connectivity index (χ0v) is 31.2. The summed E-state index contributed by atoms with van der Waals surface area (Å²) in [6.07, 6.45) is 2.79. The number of methoxy groups -OCH3 is 2. The number of nitrogens with zero attached hydrogens (tertiary/aromatic N) is 1. The van der Waals surface area contributed by atoms with E-state index in [4.69, 9.17) is 14.2 Å². The summed E-state index contributed by atoms with van der Waals surface area (Å²) in [6.45, 7) is 3.91. The zero-order chi connectivity index (χ0) is 38.1. The Labute approximate surface area is 315 Å². The van der Waals surface area contributed by atoms with Crippen LogP contribution in [0.4, 0.5) is 18.9 Å². The molecule has 0 amide bonds. The highest BCUT2D eigenvalue weighted by Gasteiger charge is 2.67. The summed E-state index contributed by atoms with van der Waals surface area (Å²) in [6, 6.07) is 39.2. The molecule has 1 aliphatic carbocycles. The van der Waals surface area contributed by atoms with Gasteiger partial charge in [-0.15, -0.1) is 0 Å². The van der Waals surface area contributed by atoms with E-state index >= 15 is 13.2 Å². The van der Waals surface area contributed by atoms with Crippen LogP contribution in [0.2, 0.25) is 0 Å². The monoisotopic (exact) mass is 733 g/mol. The Morgan fingerprint density at radius 3 is 1.85 bits per heavy atom. The fourth-order valence-corrected chi connectivity index (χ4v) is 8.08. The summed E-state index contributed by atoms with van der Waals surface area (Å²) in [5, 5.41) is 7.02. The number of ether oxygens (including phenoxy) is 3. The van der Waals surface area contributed by atoms with Gasteiger partial charge in [-0.1, -0.05) is 84.9 Å². The van der Waals surface area contributed by atoms with Crippen LogP contribution < -0.4 is 20.1 Å². The van der Waals surface area contributed by atoms with Crippen molar-refractivity contribution in [3.8, 4) is 11.5 Å². The van der Waals surface area contributed by atoms with Crippen LogP contribution in [0.3, 0.4) is 0 Å². The number of rotatable bonds is 10. The molecule has 0 spiro atoms. The van der Waals surface area contributed by atoms with E-state index in [0.717, 1.165) is 36.0 Å². The molecule has 2 unspecified atom stereocenters. The summed E-state index contributed by atoms with van der Waals surface area (Å²) in [5.74, 6) is -2.75. The lowest BCUT2D eigenvalue weighted by molar-refractivity contribution is -0.209. The number of alkyl halides is 2.